The Labute approximate surface area is 191 Å². The van der Waals surface area contributed by atoms with E-state index in [4.69, 9.17) is 9.47 Å². The van der Waals surface area contributed by atoms with Gasteiger partial charge >= 0.3 is 0 Å². The summed E-state index contributed by atoms with van der Waals surface area (Å²) in [6.07, 6.45) is 8.09. The highest BCUT2D eigenvalue weighted by molar-refractivity contribution is 5.85. The molecule has 4 nitrogen and oxygen atoms in total. The molecule has 0 aliphatic rings. The van der Waals surface area contributed by atoms with Crippen molar-refractivity contribution in [2.45, 2.75) is 59.4 Å². The third-order valence-electron chi connectivity index (χ3n) is 4.48. The van der Waals surface area contributed by atoms with Gasteiger partial charge in [0.15, 0.2) is 11.5 Å². The van der Waals surface area contributed by atoms with Gasteiger partial charge in [-0.1, -0.05) is 45.4 Å². The van der Waals surface area contributed by atoms with Crippen molar-refractivity contribution < 1.29 is 9.47 Å². The van der Waals surface area contributed by atoms with Crippen molar-refractivity contribution in [3.8, 4) is 11.5 Å². The highest BCUT2D eigenvalue weighted by Crippen LogP contribution is 2.28. The molecule has 0 saturated heterocycles. The molecular formula is C23H42Cl2N2O2. The van der Waals surface area contributed by atoms with Crippen LogP contribution in [0.25, 0.3) is 0 Å². The maximum atomic E-state index is 5.71. The Morgan fingerprint density at radius 3 is 2.17 bits per heavy atom. The summed E-state index contributed by atoms with van der Waals surface area (Å²) in [5.74, 6) is 1.59. The number of nitrogens with one attached hydrogen (secondary N) is 1. The zero-order chi connectivity index (χ0) is 19.7. The zero-order valence-corrected chi connectivity index (χ0v) is 20.2. The van der Waals surface area contributed by atoms with Crippen LogP contribution in [0.3, 0.4) is 0 Å². The van der Waals surface area contributed by atoms with Gasteiger partial charge in [-0.05, 0) is 70.1 Å². The molecule has 0 spiro atoms. The van der Waals surface area contributed by atoms with E-state index < -0.39 is 0 Å². The number of ether oxygens (including phenoxy) is 2. The summed E-state index contributed by atoms with van der Waals surface area (Å²) in [5.41, 5.74) is 1.22. The number of rotatable bonds is 17. The van der Waals surface area contributed by atoms with E-state index >= 15 is 0 Å². The predicted molar refractivity (Wildman–Crippen MR) is 130 cm³/mol. The number of benzene rings is 1. The van der Waals surface area contributed by atoms with Crippen LogP contribution in [0.2, 0.25) is 0 Å². The van der Waals surface area contributed by atoms with Crippen LogP contribution in [0.5, 0.6) is 11.5 Å². The smallest absolute Gasteiger partial charge is 0.161 e. The maximum absolute atomic E-state index is 5.71. The van der Waals surface area contributed by atoms with Crippen LogP contribution in [0.1, 0.15) is 58.4 Å². The average molecular weight is 450 g/mol. The number of hydrogen-bond donors (Lipinski definition) is 1. The molecule has 170 valence electrons. The second-order valence-corrected chi connectivity index (χ2v) is 6.89. The highest BCUT2D eigenvalue weighted by Gasteiger charge is 2.07. The van der Waals surface area contributed by atoms with E-state index in [9.17, 15) is 0 Å². The van der Waals surface area contributed by atoms with Crippen LogP contribution < -0.4 is 14.8 Å². The van der Waals surface area contributed by atoms with Gasteiger partial charge in [0.25, 0.3) is 0 Å². The summed E-state index contributed by atoms with van der Waals surface area (Å²) in [7, 11) is 0. The molecule has 0 saturated carbocycles. The Kier molecular flexibility index (Phi) is 21.2. The first-order valence-corrected chi connectivity index (χ1v) is 10.7. The Hall–Kier alpha value is -0.940. The number of unbranched alkanes of at least 4 members (excludes halogenated alkanes) is 2. The first-order chi connectivity index (χ1) is 13.2. The summed E-state index contributed by atoms with van der Waals surface area (Å²) in [4.78, 5) is 2.62. The van der Waals surface area contributed by atoms with Crippen LogP contribution >= 0.6 is 24.8 Å². The van der Waals surface area contributed by atoms with Gasteiger partial charge in [0.2, 0.25) is 0 Å². The van der Waals surface area contributed by atoms with Crippen molar-refractivity contribution in [2.75, 3.05) is 39.4 Å². The van der Waals surface area contributed by atoms with Crippen molar-refractivity contribution >= 4 is 24.8 Å². The quantitative estimate of drug-likeness (QED) is 0.238. The van der Waals surface area contributed by atoms with Gasteiger partial charge in [0.05, 0.1) is 6.61 Å². The lowest BCUT2D eigenvalue weighted by Crippen LogP contribution is -2.29. The topological polar surface area (TPSA) is 33.7 Å². The fraction of sp³-hybridized carbons (Fsp3) is 0.652. The van der Waals surface area contributed by atoms with Crippen LogP contribution in [0, 0.1) is 0 Å². The molecule has 0 heterocycles. The van der Waals surface area contributed by atoms with Crippen molar-refractivity contribution in [1.82, 2.24) is 10.2 Å². The predicted octanol–water partition coefficient (Wildman–Crippen LogP) is 5.88. The van der Waals surface area contributed by atoms with Crippen molar-refractivity contribution in [3.05, 3.63) is 36.4 Å². The van der Waals surface area contributed by atoms with E-state index in [-0.39, 0.29) is 24.8 Å². The Bertz CT molecular complexity index is 508. The lowest BCUT2D eigenvalue weighted by atomic mass is 10.2. The van der Waals surface area contributed by atoms with E-state index in [0.717, 1.165) is 24.6 Å². The van der Waals surface area contributed by atoms with Crippen LogP contribution in [-0.4, -0.2) is 44.3 Å². The van der Waals surface area contributed by atoms with Gasteiger partial charge < -0.3 is 19.7 Å². The van der Waals surface area contributed by atoms with Gasteiger partial charge in [-0.2, -0.15) is 0 Å². The SMILES string of the molecule is C=CCOc1ccc(CNCCCN(CCCC)CCCC)cc1OCC.Cl.Cl. The first kappa shape index (κ1) is 30.3. The van der Waals surface area contributed by atoms with Gasteiger partial charge in [-0.25, -0.2) is 0 Å². The number of halogens is 2. The monoisotopic (exact) mass is 448 g/mol. The standard InChI is InChI=1S/C23H40N2O2.2ClH/c1-5-9-15-25(16-10-6-2)17-11-14-24-20-21-12-13-22(27-18-7-3)23(19-21)26-8-4;;/h7,12-13,19,24H,3,5-6,8-11,14-18,20H2,1-2,4H3;2*1H. The van der Waals surface area contributed by atoms with E-state index in [1.807, 2.05) is 13.0 Å². The molecule has 0 amide bonds. The summed E-state index contributed by atoms with van der Waals surface area (Å²) >= 11 is 0. The van der Waals surface area contributed by atoms with E-state index in [0.29, 0.717) is 13.2 Å². The molecule has 6 heteroatoms. The van der Waals surface area contributed by atoms with Gasteiger partial charge in [0.1, 0.15) is 6.61 Å². The summed E-state index contributed by atoms with van der Waals surface area (Å²) in [6.45, 7) is 16.9. The normalized spacial score (nSPS) is 10.2. The van der Waals surface area contributed by atoms with Gasteiger partial charge in [0, 0.05) is 6.54 Å². The molecule has 0 fully saturated rings. The summed E-state index contributed by atoms with van der Waals surface area (Å²) in [5, 5.41) is 3.56. The van der Waals surface area contributed by atoms with Crippen molar-refractivity contribution in [2.24, 2.45) is 0 Å². The Morgan fingerprint density at radius 1 is 0.931 bits per heavy atom. The second-order valence-electron chi connectivity index (χ2n) is 6.89. The maximum Gasteiger partial charge on any atom is 0.161 e. The molecular weight excluding hydrogens is 407 g/mol. The Balaban J connectivity index is 0. The fourth-order valence-corrected chi connectivity index (χ4v) is 2.96. The molecule has 0 unspecified atom stereocenters. The van der Waals surface area contributed by atoms with E-state index in [1.54, 1.807) is 6.08 Å². The number of hydrogen-bond acceptors (Lipinski definition) is 4. The first-order valence-electron chi connectivity index (χ1n) is 10.7. The molecule has 1 rings (SSSR count). The molecule has 0 bridgehead atoms. The molecule has 0 atom stereocenters. The van der Waals surface area contributed by atoms with E-state index in [1.165, 1.54) is 57.3 Å². The molecule has 1 aromatic rings. The molecule has 1 aromatic carbocycles. The molecule has 0 aliphatic heterocycles. The van der Waals surface area contributed by atoms with E-state index in [2.05, 4.69) is 42.8 Å². The minimum absolute atomic E-state index is 0. The van der Waals surface area contributed by atoms with Gasteiger partial charge in [-0.3, -0.25) is 0 Å². The largest absolute Gasteiger partial charge is 0.490 e. The summed E-state index contributed by atoms with van der Waals surface area (Å²) < 4.78 is 11.4. The van der Waals surface area contributed by atoms with Gasteiger partial charge in [-0.15, -0.1) is 24.8 Å². The average Bonchev–Trinajstić information content (AvgIpc) is 2.68. The van der Waals surface area contributed by atoms with Crippen molar-refractivity contribution in [3.63, 3.8) is 0 Å². The number of nitrogens with zero attached hydrogens (tertiary/aromatic N) is 1. The third kappa shape index (κ3) is 13.8. The van der Waals surface area contributed by atoms with Crippen LogP contribution in [-0.2, 0) is 6.54 Å². The second kappa shape index (κ2) is 20.3. The molecule has 29 heavy (non-hydrogen) atoms. The highest BCUT2D eigenvalue weighted by atomic mass is 35.5. The Morgan fingerprint density at radius 2 is 1.59 bits per heavy atom. The molecule has 0 radical (unpaired) electrons. The fourth-order valence-electron chi connectivity index (χ4n) is 2.96. The molecule has 0 aromatic heterocycles. The summed E-state index contributed by atoms with van der Waals surface area (Å²) in [6, 6.07) is 6.16. The lowest BCUT2D eigenvalue weighted by Gasteiger charge is -2.22. The molecule has 1 N–H and O–H groups in total. The van der Waals surface area contributed by atoms with Crippen LogP contribution in [0.15, 0.2) is 30.9 Å². The lowest BCUT2D eigenvalue weighted by molar-refractivity contribution is 0.261. The third-order valence-corrected chi connectivity index (χ3v) is 4.48. The zero-order valence-electron chi connectivity index (χ0n) is 18.6. The minimum atomic E-state index is 0. The van der Waals surface area contributed by atoms with Crippen molar-refractivity contribution in [1.29, 1.82) is 0 Å². The minimum Gasteiger partial charge on any atom is -0.490 e. The molecule has 0 aliphatic carbocycles. The van der Waals surface area contributed by atoms with Crippen LogP contribution in [0.4, 0.5) is 0 Å².